The smallest absolute Gasteiger partial charge is 0.394 e. The molecular weight excluding hydrogens is 430 g/mol. The van der Waals surface area contributed by atoms with Crippen LogP contribution >= 0.6 is 11.3 Å². The number of carboxylic acids is 2. The fourth-order valence-corrected chi connectivity index (χ4v) is 4.39. The number of nitrogens with one attached hydrogen (secondary N) is 2. The lowest BCUT2D eigenvalue weighted by atomic mass is 10.2. The molecule has 12 nitrogen and oxygen atoms in total. The molecule has 2 rings (SSSR count). The van der Waals surface area contributed by atoms with Gasteiger partial charge in [-0.2, -0.15) is 0 Å². The Hall–Kier alpha value is -3.36. The van der Waals surface area contributed by atoms with E-state index in [0.29, 0.717) is 11.3 Å². The molecule has 1 heterocycles. The molecule has 0 aliphatic rings. The van der Waals surface area contributed by atoms with Crippen molar-refractivity contribution < 1.29 is 37.9 Å². The van der Waals surface area contributed by atoms with E-state index in [9.17, 15) is 32.9 Å². The van der Waals surface area contributed by atoms with Crippen molar-refractivity contribution in [3.8, 4) is 0 Å². The summed E-state index contributed by atoms with van der Waals surface area (Å²) in [5.74, 6) is -5.39. The molecule has 0 fully saturated rings. The molecule has 154 valence electrons. The first-order valence-corrected chi connectivity index (χ1v) is 10.1. The molecule has 0 radical (unpaired) electrons. The lowest BCUT2D eigenvalue weighted by Crippen LogP contribution is -2.24. The minimum absolute atomic E-state index is 0.0307. The molecule has 1 amide bonds. The molecule has 29 heavy (non-hydrogen) atoms. The highest BCUT2D eigenvalue weighted by atomic mass is 32.2. The van der Waals surface area contributed by atoms with Crippen molar-refractivity contribution in [2.75, 3.05) is 5.32 Å². The van der Waals surface area contributed by atoms with Crippen molar-refractivity contribution in [2.24, 2.45) is 0 Å². The van der Waals surface area contributed by atoms with Gasteiger partial charge in [0.25, 0.3) is 5.69 Å². The topological polar surface area (TPSA) is 193 Å². The van der Waals surface area contributed by atoms with E-state index in [-0.39, 0.29) is 27.7 Å². The van der Waals surface area contributed by atoms with Crippen LogP contribution in [0.15, 0.2) is 30.3 Å². The summed E-state index contributed by atoms with van der Waals surface area (Å²) < 4.78 is 26.7. The minimum Gasteiger partial charge on any atom is -0.478 e. The summed E-state index contributed by atoms with van der Waals surface area (Å²) in [5.41, 5.74) is -0.796. The van der Waals surface area contributed by atoms with E-state index < -0.39 is 44.1 Å². The highest BCUT2D eigenvalue weighted by Gasteiger charge is 2.22. The number of carbonyl (C=O) groups excluding carboxylic acids is 1. The maximum atomic E-state index is 12.2. The standard InChI is InChI=1S/C15H13N3O9S2/c19-12(15(22)23)17-13-10(14(20)21)5-9(28-13)6-16-29(26,27)7-8-3-1-2-4-11(8)18(24)25/h1-5,16H,6-7H2,(H,17,19)(H,20,21)(H,22,23). The number of aromatic carboxylic acids is 1. The number of sulfonamides is 1. The van der Waals surface area contributed by atoms with Crippen molar-refractivity contribution in [3.05, 3.63) is 56.5 Å². The maximum absolute atomic E-state index is 12.2. The number of aliphatic carboxylic acids is 1. The Kier molecular flexibility index (Phi) is 6.63. The summed E-state index contributed by atoms with van der Waals surface area (Å²) in [5, 5.41) is 30.4. The first-order valence-electron chi connectivity index (χ1n) is 7.60. The van der Waals surface area contributed by atoms with Crippen LogP contribution in [0.1, 0.15) is 20.8 Å². The summed E-state index contributed by atoms with van der Waals surface area (Å²) >= 11 is 0.677. The second-order valence-electron chi connectivity index (χ2n) is 5.49. The first-order chi connectivity index (χ1) is 13.5. The molecule has 1 aromatic carbocycles. The number of nitrogens with zero attached hydrogens (tertiary/aromatic N) is 1. The second-order valence-corrected chi connectivity index (χ2v) is 8.43. The quantitative estimate of drug-likeness (QED) is 0.261. The van der Waals surface area contributed by atoms with Crippen molar-refractivity contribution in [1.29, 1.82) is 0 Å². The van der Waals surface area contributed by atoms with E-state index in [1.165, 1.54) is 24.3 Å². The Balaban J connectivity index is 2.16. The van der Waals surface area contributed by atoms with Crippen molar-refractivity contribution in [2.45, 2.75) is 12.3 Å². The number of thiophene rings is 1. The summed E-state index contributed by atoms with van der Waals surface area (Å²) in [6.45, 7) is -0.364. The predicted molar refractivity (Wildman–Crippen MR) is 100 cm³/mol. The summed E-state index contributed by atoms with van der Waals surface area (Å²) in [6.07, 6.45) is 0. The van der Waals surface area contributed by atoms with Crippen LogP contribution in [0.4, 0.5) is 10.7 Å². The second kappa shape index (κ2) is 8.76. The number of carboxylic acid groups (broad SMARTS) is 2. The summed E-state index contributed by atoms with van der Waals surface area (Å²) in [7, 11) is -4.03. The highest BCUT2D eigenvalue weighted by Crippen LogP contribution is 2.28. The van der Waals surface area contributed by atoms with Crippen LogP contribution in [0.5, 0.6) is 0 Å². The van der Waals surface area contributed by atoms with Gasteiger partial charge in [-0.05, 0) is 6.07 Å². The van der Waals surface area contributed by atoms with Crippen LogP contribution < -0.4 is 10.0 Å². The van der Waals surface area contributed by atoms with E-state index in [2.05, 4.69) is 4.72 Å². The zero-order chi connectivity index (χ0) is 21.8. The molecule has 1 aromatic heterocycles. The summed E-state index contributed by atoms with van der Waals surface area (Å²) in [4.78, 5) is 43.5. The van der Waals surface area contributed by atoms with Crippen LogP contribution in [0.2, 0.25) is 0 Å². The number of amides is 1. The molecule has 0 saturated carbocycles. The third-order valence-electron chi connectivity index (χ3n) is 3.43. The number of para-hydroxylation sites is 1. The van der Waals surface area contributed by atoms with E-state index in [1.807, 2.05) is 5.32 Å². The monoisotopic (exact) mass is 443 g/mol. The van der Waals surface area contributed by atoms with Gasteiger partial charge >= 0.3 is 17.8 Å². The molecule has 4 N–H and O–H groups in total. The fraction of sp³-hybridized carbons (Fsp3) is 0.133. The van der Waals surface area contributed by atoms with E-state index in [0.717, 1.165) is 6.07 Å². The number of carbonyl (C=O) groups is 3. The molecule has 14 heteroatoms. The van der Waals surface area contributed by atoms with Gasteiger partial charge in [0, 0.05) is 23.1 Å². The van der Waals surface area contributed by atoms with Crippen LogP contribution in [0.3, 0.4) is 0 Å². The number of nitro groups is 1. The fourth-order valence-electron chi connectivity index (χ4n) is 2.19. The van der Waals surface area contributed by atoms with Gasteiger partial charge in [0.1, 0.15) is 5.00 Å². The third-order valence-corrected chi connectivity index (χ3v) is 5.76. The number of anilines is 1. The maximum Gasteiger partial charge on any atom is 0.394 e. The Morgan fingerprint density at radius 3 is 2.41 bits per heavy atom. The zero-order valence-electron chi connectivity index (χ0n) is 14.3. The molecule has 0 saturated heterocycles. The molecule has 0 aliphatic heterocycles. The average molecular weight is 443 g/mol. The number of hydrogen-bond donors (Lipinski definition) is 4. The number of benzene rings is 1. The van der Waals surface area contributed by atoms with Gasteiger partial charge in [-0.15, -0.1) is 11.3 Å². The Bertz CT molecular complexity index is 1090. The van der Waals surface area contributed by atoms with Crippen LogP contribution in [0.25, 0.3) is 0 Å². The van der Waals surface area contributed by atoms with Gasteiger partial charge in [0.05, 0.1) is 16.2 Å². The average Bonchev–Trinajstić information content (AvgIpc) is 3.03. The molecule has 0 atom stereocenters. The van der Waals surface area contributed by atoms with Crippen molar-refractivity contribution in [1.82, 2.24) is 4.72 Å². The number of rotatable bonds is 8. The Morgan fingerprint density at radius 2 is 1.83 bits per heavy atom. The van der Waals surface area contributed by atoms with Crippen molar-refractivity contribution in [3.63, 3.8) is 0 Å². The van der Waals surface area contributed by atoms with E-state index in [1.54, 1.807) is 0 Å². The van der Waals surface area contributed by atoms with Gasteiger partial charge in [0.15, 0.2) is 0 Å². The molecule has 0 spiro atoms. The van der Waals surface area contributed by atoms with Gasteiger partial charge in [-0.25, -0.2) is 22.7 Å². The largest absolute Gasteiger partial charge is 0.478 e. The molecule has 0 bridgehead atoms. The Morgan fingerprint density at radius 1 is 1.17 bits per heavy atom. The minimum atomic E-state index is -4.03. The Labute approximate surface area is 167 Å². The van der Waals surface area contributed by atoms with E-state index in [4.69, 9.17) is 10.2 Å². The van der Waals surface area contributed by atoms with Gasteiger partial charge < -0.3 is 15.5 Å². The third kappa shape index (κ3) is 5.81. The molecular formula is C15H13N3O9S2. The van der Waals surface area contributed by atoms with Crippen LogP contribution in [-0.4, -0.2) is 41.4 Å². The molecule has 0 aliphatic carbocycles. The normalized spacial score (nSPS) is 11.0. The lowest BCUT2D eigenvalue weighted by molar-refractivity contribution is -0.385. The zero-order valence-corrected chi connectivity index (χ0v) is 15.9. The summed E-state index contributed by atoms with van der Waals surface area (Å²) in [6, 6.07) is 6.39. The predicted octanol–water partition coefficient (Wildman–Crippen LogP) is 0.997. The first kappa shape index (κ1) is 21.9. The van der Waals surface area contributed by atoms with E-state index >= 15 is 0 Å². The SMILES string of the molecule is O=C(O)C(=O)Nc1sc(CNS(=O)(=O)Cc2ccccc2[N+](=O)[O-])cc1C(=O)O. The van der Waals surface area contributed by atoms with Gasteiger partial charge in [-0.1, -0.05) is 18.2 Å². The molecule has 0 unspecified atom stereocenters. The van der Waals surface area contributed by atoms with Crippen LogP contribution in [-0.2, 0) is 31.9 Å². The highest BCUT2D eigenvalue weighted by molar-refractivity contribution is 7.88. The molecule has 2 aromatic rings. The number of hydrogen-bond acceptors (Lipinski definition) is 8. The number of nitro benzene ring substituents is 1. The van der Waals surface area contributed by atoms with Crippen LogP contribution in [0, 0.1) is 10.1 Å². The van der Waals surface area contributed by atoms with Gasteiger partial charge in [0.2, 0.25) is 10.0 Å². The van der Waals surface area contributed by atoms with Crippen molar-refractivity contribution >= 4 is 49.9 Å². The van der Waals surface area contributed by atoms with Gasteiger partial charge in [-0.3, -0.25) is 14.9 Å². The lowest BCUT2D eigenvalue weighted by Gasteiger charge is -2.06.